The second kappa shape index (κ2) is 23.8. The van der Waals surface area contributed by atoms with Crippen LogP contribution in [0.5, 0.6) is 0 Å². The lowest BCUT2D eigenvalue weighted by molar-refractivity contribution is -0.387. The van der Waals surface area contributed by atoms with Crippen LogP contribution in [0.2, 0.25) is 0 Å². The van der Waals surface area contributed by atoms with Crippen molar-refractivity contribution in [3.05, 3.63) is 144 Å². The molecule has 0 amide bonds. The van der Waals surface area contributed by atoms with E-state index in [1.165, 1.54) is 6.92 Å². The average molecular weight is 871 g/mol. The molecule has 63 heavy (non-hydrogen) atoms. The van der Waals surface area contributed by atoms with Gasteiger partial charge in [0.25, 0.3) is 0 Å². The van der Waals surface area contributed by atoms with Crippen LogP contribution in [0.3, 0.4) is 0 Å². The number of hydrogen-bond acceptors (Lipinski definition) is 15. The number of benzene rings is 4. The van der Waals surface area contributed by atoms with Gasteiger partial charge < -0.3 is 52.1 Å². The lowest BCUT2D eigenvalue weighted by atomic mass is 9.96. The molecule has 0 saturated carbocycles. The number of hydrogen-bond donors (Lipinski definition) is 0. The van der Waals surface area contributed by atoms with E-state index in [4.69, 9.17) is 52.1 Å². The summed E-state index contributed by atoms with van der Waals surface area (Å²) in [6, 6.07) is 38.4. The van der Waals surface area contributed by atoms with Gasteiger partial charge in [-0.2, -0.15) is 0 Å². The molecule has 336 valence electrons. The van der Waals surface area contributed by atoms with Crippen molar-refractivity contribution in [3.63, 3.8) is 0 Å². The molecule has 4 aromatic carbocycles. The van der Waals surface area contributed by atoms with Crippen molar-refractivity contribution in [2.24, 2.45) is 0 Å². The van der Waals surface area contributed by atoms with Crippen molar-refractivity contribution in [2.45, 2.75) is 116 Å². The van der Waals surface area contributed by atoms with Gasteiger partial charge in [0.05, 0.1) is 33.0 Å². The molecule has 10 atom stereocenters. The molecule has 0 aliphatic carbocycles. The van der Waals surface area contributed by atoms with E-state index in [9.17, 15) is 19.2 Å². The largest absolute Gasteiger partial charge is 0.463 e. The maximum absolute atomic E-state index is 12.8. The second-order valence-electron chi connectivity index (χ2n) is 15.0. The smallest absolute Gasteiger partial charge is 0.303 e. The minimum absolute atomic E-state index is 0.00336. The summed E-state index contributed by atoms with van der Waals surface area (Å²) in [4.78, 5) is 49.9. The van der Waals surface area contributed by atoms with E-state index in [1.54, 1.807) is 0 Å². The first-order valence-corrected chi connectivity index (χ1v) is 20.7. The van der Waals surface area contributed by atoms with Crippen LogP contribution in [0.4, 0.5) is 0 Å². The van der Waals surface area contributed by atoms with Gasteiger partial charge >= 0.3 is 23.9 Å². The van der Waals surface area contributed by atoms with Gasteiger partial charge in [-0.3, -0.25) is 19.2 Å². The molecule has 15 heteroatoms. The summed E-state index contributed by atoms with van der Waals surface area (Å²) >= 11 is 0. The van der Waals surface area contributed by atoms with Crippen LogP contribution >= 0.6 is 0 Å². The monoisotopic (exact) mass is 870 g/mol. The van der Waals surface area contributed by atoms with Gasteiger partial charge in [0, 0.05) is 27.7 Å². The fraction of sp³-hybridized carbons (Fsp3) is 0.417. The molecule has 2 heterocycles. The first kappa shape index (κ1) is 47.0. The standard InChI is InChI=1S/C48H54O15/c1-31(49)54-30-40-42(58-32(2)50)44(59-33(3)51)46(60-34(4)52)48(62-40)63-47-45(57-28-38-23-15-8-16-24-38)43(56-27-37-21-13-7-14-22-37)41(55-26-36-19-11-6-12-20-36)39(61-47)29-53-25-35-17-9-5-10-18-35/h5-24,39-48H,25-30H2,1-4H3/t39-,40-,41-,42+,43+,44+,45+,46-,47-,48+/m1/s1. The van der Waals surface area contributed by atoms with Gasteiger partial charge in [-0.1, -0.05) is 121 Å². The van der Waals surface area contributed by atoms with Gasteiger partial charge in [0.2, 0.25) is 6.29 Å². The Morgan fingerprint density at radius 1 is 0.413 bits per heavy atom. The molecule has 6 rings (SSSR count). The fourth-order valence-corrected chi connectivity index (χ4v) is 7.29. The summed E-state index contributed by atoms with van der Waals surface area (Å²) < 4.78 is 68.9. The van der Waals surface area contributed by atoms with Crippen molar-refractivity contribution in [1.82, 2.24) is 0 Å². The molecule has 2 saturated heterocycles. The van der Waals surface area contributed by atoms with Gasteiger partial charge in [-0.25, -0.2) is 0 Å². The predicted octanol–water partition coefficient (Wildman–Crippen LogP) is 5.78. The predicted molar refractivity (Wildman–Crippen MR) is 223 cm³/mol. The van der Waals surface area contributed by atoms with E-state index in [0.717, 1.165) is 43.0 Å². The summed E-state index contributed by atoms with van der Waals surface area (Å²) in [5.74, 6) is -3.01. The lowest BCUT2D eigenvalue weighted by Crippen LogP contribution is -2.66. The molecule has 15 nitrogen and oxygen atoms in total. The lowest BCUT2D eigenvalue weighted by Gasteiger charge is -2.49. The van der Waals surface area contributed by atoms with Crippen molar-refractivity contribution >= 4 is 23.9 Å². The SMILES string of the molecule is CC(=O)OC[C@H]1O[C@@H](O[C@H]2O[C@H](COCc3ccccc3)[C@@H](OCc3ccccc3)[C@H](OCc3ccccc3)[C@@H]2OCc2ccccc2)[C@H](OC(C)=O)[C@@H](OC(C)=O)[C@H]1OC(C)=O. The van der Waals surface area contributed by atoms with E-state index in [-0.39, 0.29) is 33.0 Å². The van der Waals surface area contributed by atoms with Crippen LogP contribution in [0.25, 0.3) is 0 Å². The molecule has 2 fully saturated rings. The normalized spacial score (nSPS) is 25.7. The van der Waals surface area contributed by atoms with Crippen molar-refractivity contribution < 1.29 is 71.3 Å². The Morgan fingerprint density at radius 2 is 0.794 bits per heavy atom. The molecular formula is C48H54O15. The summed E-state index contributed by atoms with van der Waals surface area (Å²) in [5, 5.41) is 0. The van der Waals surface area contributed by atoms with Gasteiger partial charge in [-0.05, 0) is 22.3 Å². The molecule has 0 spiro atoms. The third-order valence-electron chi connectivity index (χ3n) is 10.1. The Bertz CT molecular complexity index is 2020. The van der Waals surface area contributed by atoms with Crippen LogP contribution in [0, 0.1) is 0 Å². The minimum Gasteiger partial charge on any atom is -0.463 e. The second-order valence-corrected chi connectivity index (χ2v) is 15.0. The van der Waals surface area contributed by atoms with Crippen LogP contribution in [0.15, 0.2) is 121 Å². The van der Waals surface area contributed by atoms with Gasteiger partial charge in [-0.15, -0.1) is 0 Å². The number of carbonyl (C=O) groups excluding carboxylic acids is 4. The summed E-state index contributed by atoms with van der Waals surface area (Å²) in [6.45, 7) is 4.85. The third kappa shape index (κ3) is 14.2. The van der Waals surface area contributed by atoms with E-state index in [1.807, 2.05) is 121 Å². The average Bonchev–Trinajstić information content (AvgIpc) is 3.27. The first-order valence-electron chi connectivity index (χ1n) is 20.7. The molecule has 0 unspecified atom stereocenters. The highest BCUT2D eigenvalue weighted by Crippen LogP contribution is 2.36. The highest BCUT2D eigenvalue weighted by molar-refractivity contribution is 5.68. The Balaban J connectivity index is 1.41. The number of esters is 4. The van der Waals surface area contributed by atoms with Crippen molar-refractivity contribution in [2.75, 3.05) is 13.2 Å². The molecule has 0 bridgehead atoms. The zero-order valence-corrected chi connectivity index (χ0v) is 35.7. The highest BCUT2D eigenvalue weighted by atomic mass is 16.8. The van der Waals surface area contributed by atoms with E-state index < -0.39 is 91.9 Å². The molecule has 0 aromatic heterocycles. The van der Waals surface area contributed by atoms with E-state index in [0.29, 0.717) is 0 Å². The van der Waals surface area contributed by atoms with Crippen molar-refractivity contribution in [1.29, 1.82) is 0 Å². The quantitative estimate of drug-likeness (QED) is 0.0773. The fourth-order valence-electron chi connectivity index (χ4n) is 7.29. The van der Waals surface area contributed by atoms with Crippen molar-refractivity contribution in [3.8, 4) is 0 Å². The van der Waals surface area contributed by atoms with Gasteiger partial charge in [0.15, 0.2) is 24.6 Å². The molecule has 2 aliphatic rings. The molecule has 2 aliphatic heterocycles. The Hall–Kier alpha value is -5.52. The maximum atomic E-state index is 12.8. The molecule has 4 aromatic rings. The molecule has 0 radical (unpaired) electrons. The number of ether oxygens (including phenoxy) is 11. The molecule has 0 N–H and O–H groups in total. The number of rotatable bonds is 20. The first-order chi connectivity index (χ1) is 30.5. The third-order valence-corrected chi connectivity index (χ3v) is 10.1. The van der Waals surface area contributed by atoms with Crippen LogP contribution in [-0.4, -0.2) is 98.5 Å². The summed E-state index contributed by atoms with van der Waals surface area (Å²) in [5.41, 5.74) is 3.55. The minimum atomic E-state index is -1.60. The summed E-state index contributed by atoms with van der Waals surface area (Å²) in [6.07, 6.45) is -12.3. The zero-order chi connectivity index (χ0) is 44.6. The van der Waals surface area contributed by atoms with Gasteiger partial charge in [0.1, 0.15) is 37.1 Å². The van der Waals surface area contributed by atoms with E-state index >= 15 is 0 Å². The maximum Gasteiger partial charge on any atom is 0.303 e. The van der Waals surface area contributed by atoms with E-state index in [2.05, 4.69) is 0 Å². The molecular weight excluding hydrogens is 817 g/mol. The topological polar surface area (TPSA) is 170 Å². The summed E-state index contributed by atoms with van der Waals surface area (Å²) in [7, 11) is 0. The van der Waals surface area contributed by atoms with Crippen LogP contribution in [-0.2, 0) is 97.7 Å². The zero-order valence-electron chi connectivity index (χ0n) is 35.7. The highest BCUT2D eigenvalue weighted by Gasteiger charge is 2.56. The van der Waals surface area contributed by atoms with Crippen LogP contribution < -0.4 is 0 Å². The Kier molecular flexibility index (Phi) is 17.7. The Morgan fingerprint density at radius 3 is 1.25 bits per heavy atom. The number of carbonyl (C=O) groups is 4. The Labute approximate surface area is 366 Å². The van der Waals surface area contributed by atoms with Crippen LogP contribution in [0.1, 0.15) is 49.9 Å².